The maximum absolute atomic E-state index is 11.7. The summed E-state index contributed by atoms with van der Waals surface area (Å²) >= 11 is 5.82. The van der Waals surface area contributed by atoms with Crippen LogP contribution in [0.15, 0.2) is 18.2 Å². The molecule has 0 aromatic heterocycles. The molecular formula is C16H20ClO2. The third kappa shape index (κ3) is 3.97. The molecule has 0 saturated heterocycles. The number of rotatable bonds is 6. The van der Waals surface area contributed by atoms with Gasteiger partial charge in [0.05, 0.1) is 12.2 Å². The van der Waals surface area contributed by atoms with Gasteiger partial charge in [0.1, 0.15) is 0 Å². The van der Waals surface area contributed by atoms with Crippen molar-refractivity contribution >= 4 is 17.6 Å². The van der Waals surface area contributed by atoms with E-state index < -0.39 is 0 Å². The van der Waals surface area contributed by atoms with Crippen LogP contribution in [0.2, 0.25) is 5.02 Å². The minimum absolute atomic E-state index is 0.339. The predicted octanol–water partition coefficient (Wildman–Crippen LogP) is 4.51. The standard InChI is InChI=1S/C16H20ClO2/c1-12-11-16(12,2)8-3-4-9-19-15(18)13-6-5-7-14(17)10-13/h5,7,10,12H,3-4,8-9,11H2,1-2H3. The van der Waals surface area contributed by atoms with Crippen molar-refractivity contribution < 1.29 is 9.53 Å². The van der Waals surface area contributed by atoms with Crippen LogP contribution in [0.25, 0.3) is 0 Å². The Hall–Kier alpha value is -1.02. The van der Waals surface area contributed by atoms with Crippen LogP contribution in [-0.2, 0) is 4.74 Å². The highest BCUT2D eigenvalue weighted by Gasteiger charge is 2.45. The lowest BCUT2D eigenvalue weighted by Gasteiger charge is -2.09. The zero-order valence-corrected chi connectivity index (χ0v) is 12.3. The molecule has 2 atom stereocenters. The lowest BCUT2D eigenvalue weighted by atomic mass is 9.99. The topological polar surface area (TPSA) is 26.3 Å². The summed E-state index contributed by atoms with van der Waals surface area (Å²) in [6.07, 6.45) is 4.61. The number of halogens is 1. The molecule has 0 N–H and O–H groups in total. The predicted molar refractivity (Wildman–Crippen MR) is 76.3 cm³/mol. The summed E-state index contributed by atoms with van der Waals surface area (Å²) in [4.78, 5) is 11.7. The molecule has 0 aliphatic heterocycles. The molecule has 0 spiro atoms. The average molecular weight is 280 g/mol. The Morgan fingerprint density at radius 1 is 1.58 bits per heavy atom. The van der Waals surface area contributed by atoms with Crippen LogP contribution < -0.4 is 0 Å². The monoisotopic (exact) mass is 279 g/mol. The molecule has 0 bridgehead atoms. The molecule has 19 heavy (non-hydrogen) atoms. The quantitative estimate of drug-likeness (QED) is 0.565. The van der Waals surface area contributed by atoms with Crippen molar-refractivity contribution in [1.82, 2.24) is 0 Å². The van der Waals surface area contributed by atoms with Crippen molar-refractivity contribution in [1.29, 1.82) is 0 Å². The van der Waals surface area contributed by atoms with Crippen molar-refractivity contribution in [2.24, 2.45) is 11.3 Å². The number of esters is 1. The number of benzene rings is 1. The van der Waals surface area contributed by atoms with Crippen molar-refractivity contribution in [3.05, 3.63) is 34.9 Å². The Bertz CT molecular complexity index is 458. The largest absolute Gasteiger partial charge is 0.462 e. The fourth-order valence-electron chi connectivity index (χ4n) is 2.42. The van der Waals surface area contributed by atoms with Crippen molar-refractivity contribution in [3.8, 4) is 0 Å². The van der Waals surface area contributed by atoms with E-state index in [1.165, 1.54) is 12.8 Å². The van der Waals surface area contributed by atoms with Crippen LogP contribution in [0.1, 0.15) is 49.9 Å². The molecular weight excluding hydrogens is 260 g/mol. The molecule has 0 amide bonds. The summed E-state index contributed by atoms with van der Waals surface area (Å²) in [5.41, 5.74) is 0.945. The number of ether oxygens (including phenoxy) is 1. The molecule has 1 aromatic carbocycles. The molecule has 1 aromatic rings. The summed E-state index contributed by atoms with van der Waals surface area (Å²) in [5.74, 6) is 0.518. The van der Waals surface area contributed by atoms with Gasteiger partial charge in [-0.25, -0.2) is 4.79 Å². The van der Waals surface area contributed by atoms with E-state index in [0.717, 1.165) is 18.8 Å². The normalized spacial score (nSPS) is 25.1. The maximum atomic E-state index is 11.7. The van der Waals surface area contributed by atoms with E-state index in [1.807, 2.05) is 0 Å². The van der Waals surface area contributed by atoms with Crippen LogP contribution in [0.4, 0.5) is 0 Å². The van der Waals surface area contributed by atoms with E-state index in [0.29, 0.717) is 22.6 Å². The first-order chi connectivity index (χ1) is 9.01. The number of carbonyl (C=O) groups excluding carboxylic acids is 1. The lowest BCUT2D eigenvalue weighted by molar-refractivity contribution is 0.0496. The molecule has 1 radical (unpaired) electrons. The zero-order chi connectivity index (χ0) is 13.9. The minimum Gasteiger partial charge on any atom is -0.462 e. The van der Waals surface area contributed by atoms with E-state index in [1.54, 1.807) is 18.2 Å². The maximum Gasteiger partial charge on any atom is 0.338 e. The SMILES string of the molecule is CC1CC1(C)CCCCOC(=O)c1[c]ccc(Cl)c1. The van der Waals surface area contributed by atoms with E-state index in [4.69, 9.17) is 16.3 Å². The van der Waals surface area contributed by atoms with Gasteiger partial charge in [-0.2, -0.15) is 0 Å². The number of hydrogen-bond donors (Lipinski definition) is 0. The molecule has 2 rings (SSSR count). The number of hydrogen-bond acceptors (Lipinski definition) is 2. The Morgan fingerprint density at radius 2 is 2.32 bits per heavy atom. The smallest absolute Gasteiger partial charge is 0.338 e. The first kappa shape index (κ1) is 14.4. The highest BCUT2D eigenvalue weighted by molar-refractivity contribution is 6.30. The molecule has 0 heterocycles. The first-order valence-electron chi connectivity index (χ1n) is 6.86. The van der Waals surface area contributed by atoms with Crippen LogP contribution in [0.3, 0.4) is 0 Å². The molecule has 1 aliphatic carbocycles. The van der Waals surface area contributed by atoms with Gasteiger partial charge in [0.2, 0.25) is 0 Å². The highest BCUT2D eigenvalue weighted by atomic mass is 35.5. The fourth-order valence-corrected chi connectivity index (χ4v) is 2.59. The second kappa shape index (κ2) is 5.96. The third-order valence-corrected chi connectivity index (χ3v) is 4.40. The minimum atomic E-state index is -0.339. The number of unbranched alkanes of at least 4 members (excludes halogenated alkanes) is 1. The Morgan fingerprint density at radius 3 is 2.95 bits per heavy atom. The van der Waals surface area contributed by atoms with Crippen LogP contribution in [0, 0.1) is 17.4 Å². The molecule has 2 unspecified atom stereocenters. The van der Waals surface area contributed by atoms with Crippen LogP contribution in [0.5, 0.6) is 0 Å². The molecule has 2 nitrogen and oxygen atoms in total. The molecule has 1 fully saturated rings. The second-order valence-electron chi connectivity index (χ2n) is 5.77. The van der Waals surface area contributed by atoms with Gasteiger partial charge in [-0.3, -0.25) is 0 Å². The second-order valence-corrected chi connectivity index (χ2v) is 6.21. The van der Waals surface area contributed by atoms with Crippen molar-refractivity contribution in [2.75, 3.05) is 6.61 Å². The summed E-state index contributed by atoms with van der Waals surface area (Å²) in [6, 6.07) is 7.73. The lowest BCUT2D eigenvalue weighted by Crippen LogP contribution is -2.07. The molecule has 1 aliphatic rings. The van der Waals surface area contributed by atoms with Gasteiger partial charge in [-0.05, 0) is 55.2 Å². The first-order valence-corrected chi connectivity index (χ1v) is 7.23. The summed E-state index contributed by atoms with van der Waals surface area (Å²) in [6.45, 7) is 5.11. The fraction of sp³-hybridized carbons (Fsp3) is 0.562. The van der Waals surface area contributed by atoms with Gasteiger partial charge in [0.25, 0.3) is 0 Å². The van der Waals surface area contributed by atoms with E-state index >= 15 is 0 Å². The van der Waals surface area contributed by atoms with Crippen LogP contribution in [-0.4, -0.2) is 12.6 Å². The van der Waals surface area contributed by atoms with Gasteiger partial charge < -0.3 is 4.74 Å². The van der Waals surface area contributed by atoms with Gasteiger partial charge in [0.15, 0.2) is 0 Å². The van der Waals surface area contributed by atoms with Crippen molar-refractivity contribution in [2.45, 2.75) is 39.5 Å². The molecule has 103 valence electrons. The van der Waals surface area contributed by atoms with Crippen LogP contribution >= 0.6 is 11.6 Å². The third-order valence-electron chi connectivity index (χ3n) is 4.16. The zero-order valence-electron chi connectivity index (χ0n) is 11.5. The van der Waals surface area contributed by atoms with Gasteiger partial charge in [-0.15, -0.1) is 0 Å². The Labute approximate surface area is 120 Å². The highest BCUT2D eigenvalue weighted by Crippen LogP contribution is 2.55. The molecule has 3 heteroatoms. The summed E-state index contributed by atoms with van der Waals surface area (Å²) < 4.78 is 5.22. The number of carbonyl (C=O) groups is 1. The summed E-state index contributed by atoms with van der Waals surface area (Å²) in [7, 11) is 0. The van der Waals surface area contributed by atoms with E-state index in [-0.39, 0.29) is 5.97 Å². The Balaban J connectivity index is 1.64. The average Bonchev–Trinajstić information content (AvgIpc) is 2.96. The van der Waals surface area contributed by atoms with Gasteiger partial charge >= 0.3 is 5.97 Å². The summed E-state index contributed by atoms with van der Waals surface area (Å²) in [5, 5.41) is 0.529. The van der Waals surface area contributed by atoms with Crippen molar-refractivity contribution in [3.63, 3.8) is 0 Å². The Kier molecular flexibility index (Phi) is 4.51. The van der Waals surface area contributed by atoms with Gasteiger partial charge in [0, 0.05) is 5.02 Å². The van der Waals surface area contributed by atoms with Gasteiger partial charge in [-0.1, -0.05) is 31.5 Å². The van der Waals surface area contributed by atoms with E-state index in [2.05, 4.69) is 19.9 Å². The molecule has 1 saturated carbocycles. The van der Waals surface area contributed by atoms with E-state index in [9.17, 15) is 4.79 Å².